The van der Waals surface area contributed by atoms with Crippen molar-refractivity contribution >= 4 is 17.2 Å². The van der Waals surface area contributed by atoms with Gasteiger partial charge in [-0.3, -0.25) is 9.36 Å². The molecular formula is C24H29N3OS. The molecule has 1 N–H and O–H groups in total. The smallest absolute Gasteiger partial charge is 0.242 e. The van der Waals surface area contributed by atoms with Crippen molar-refractivity contribution in [1.29, 1.82) is 0 Å². The molecule has 3 rings (SSSR count). The van der Waals surface area contributed by atoms with Crippen LogP contribution in [0.5, 0.6) is 0 Å². The number of para-hydroxylation sites is 1. The number of aromatic nitrogens is 1. The van der Waals surface area contributed by atoms with Crippen molar-refractivity contribution < 1.29 is 4.79 Å². The quantitative estimate of drug-likeness (QED) is 0.656. The van der Waals surface area contributed by atoms with Gasteiger partial charge in [0, 0.05) is 23.0 Å². The number of hydrogen-bond acceptors (Lipinski definition) is 3. The normalized spacial score (nSPS) is 12.2. The predicted molar refractivity (Wildman–Crippen MR) is 121 cm³/mol. The summed E-state index contributed by atoms with van der Waals surface area (Å²) in [6.07, 6.45) is 0. The summed E-state index contributed by atoms with van der Waals surface area (Å²) in [4.78, 5) is 17.9. The van der Waals surface area contributed by atoms with Crippen LogP contribution in [-0.4, -0.2) is 17.0 Å². The van der Waals surface area contributed by atoms with Crippen LogP contribution in [0.2, 0.25) is 0 Å². The zero-order valence-electron chi connectivity index (χ0n) is 17.8. The second-order valence-electron chi connectivity index (χ2n) is 8.31. The standard InChI is InChI=1S/C24H29N3OS/c1-17-10-9-11-18(2)22(17)27-20(24(3,4)5)16-29-23(27)26-15-21(28)25-14-19-12-7-6-8-13-19/h6-13,16H,14-15H2,1-5H3,(H,25,28). The zero-order valence-corrected chi connectivity index (χ0v) is 18.6. The van der Waals surface area contributed by atoms with E-state index in [1.165, 1.54) is 16.8 Å². The van der Waals surface area contributed by atoms with Gasteiger partial charge >= 0.3 is 0 Å². The Balaban J connectivity index is 1.91. The number of amides is 1. The average molecular weight is 408 g/mol. The van der Waals surface area contributed by atoms with Crippen molar-refractivity contribution in [2.24, 2.45) is 4.99 Å². The first-order valence-electron chi connectivity index (χ1n) is 9.86. The maximum Gasteiger partial charge on any atom is 0.242 e. The van der Waals surface area contributed by atoms with E-state index in [-0.39, 0.29) is 17.9 Å². The fourth-order valence-corrected chi connectivity index (χ4v) is 4.41. The second-order valence-corrected chi connectivity index (χ2v) is 9.14. The molecule has 5 heteroatoms. The number of thiazole rings is 1. The largest absolute Gasteiger partial charge is 0.350 e. The van der Waals surface area contributed by atoms with Gasteiger partial charge < -0.3 is 5.32 Å². The number of nitrogens with one attached hydrogen (secondary N) is 1. The van der Waals surface area contributed by atoms with Gasteiger partial charge in [-0.05, 0) is 30.5 Å². The lowest BCUT2D eigenvalue weighted by molar-refractivity contribution is -0.119. The number of aryl methyl sites for hydroxylation is 2. The van der Waals surface area contributed by atoms with E-state index < -0.39 is 0 Å². The highest BCUT2D eigenvalue weighted by molar-refractivity contribution is 7.07. The number of nitrogens with zero attached hydrogens (tertiary/aromatic N) is 2. The third-order valence-corrected chi connectivity index (χ3v) is 5.69. The lowest BCUT2D eigenvalue weighted by Gasteiger charge is -2.23. The summed E-state index contributed by atoms with van der Waals surface area (Å²) >= 11 is 1.59. The fraction of sp³-hybridized carbons (Fsp3) is 0.333. The van der Waals surface area contributed by atoms with Gasteiger partial charge in [0.1, 0.15) is 6.54 Å². The molecule has 0 radical (unpaired) electrons. The number of carbonyl (C=O) groups excluding carboxylic acids is 1. The Hall–Kier alpha value is -2.66. The molecule has 1 heterocycles. The first kappa shape index (κ1) is 21.1. The molecule has 0 aliphatic rings. The second kappa shape index (κ2) is 8.78. The maximum absolute atomic E-state index is 12.4. The van der Waals surface area contributed by atoms with E-state index in [0.717, 1.165) is 16.1 Å². The van der Waals surface area contributed by atoms with E-state index in [1.54, 1.807) is 11.3 Å². The summed E-state index contributed by atoms with van der Waals surface area (Å²) in [7, 11) is 0. The summed E-state index contributed by atoms with van der Waals surface area (Å²) in [5, 5.41) is 5.11. The lowest BCUT2D eigenvalue weighted by Crippen LogP contribution is -2.28. The van der Waals surface area contributed by atoms with Crippen LogP contribution in [0.25, 0.3) is 5.69 Å². The Morgan fingerprint density at radius 2 is 1.69 bits per heavy atom. The Labute approximate surface area is 177 Å². The molecular weight excluding hydrogens is 378 g/mol. The molecule has 0 spiro atoms. The minimum atomic E-state index is -0.0763. The third kappa shape index (κ3) is 5.04. The number of hydrogen-bond donors (Lipinski definition) is 1. The number of carbonyl (C=O) groups is 1. The van der Waals surface area contributed by atoms with E-state index in [1.807, 2.05) is 30.3 Å². The fourth-order valence-electron chi connectivity index (χ4n) is 3.30. The summed E-state index contributed by atoms with van der Waals surface area (Å²) in [6.45, 7) is 11.5. The minimum Gasteiger partial charge on any atom is -0.350 e. The molecule has 0 unspecified atom stereocenters. The van der Waals surface area contributed by atoms with Gasteiger partial charge in [-0.25, -0.2) is 4.99 Å². The highest BCUT2D eigenvalue weighted by Gasteiger charge is 2.22. The molecule has 29 heavy (non-hydrogen) atoms. The van der Waals surface area contributed by atoms with E-state index >= 15 is 0 Å². The van der Waals surface area contributed by atoms with Crippen LogP contribution in [-0.2, 0) is 16.8 Å². The van der Waals surface area contributed by atoms with Crippen molar-refractivity contribution in [3.05, 3.63) is 81.1 Å². The zero-order chi connectivity index (χ0) is 21.0. The maximum atomic E-state index is 12.4. The SMILES string of the molecule is Cc1cccc(C)c1-n1c(C(C)(C)C)csc1=NCC(=O)NCc1ccccc1. The molecule has 2 aromatic carbocycles. The van der Waals surface area contributed by atoms with Gasteiger partial charge in [0.25, 0.3) is 0 Å². The van der Waals surface area contributed by atoms with Crippen LogP contribution in [0, 0.1) is 13.8 Å². The Bertz CT molecular complexity index is 1040. The molecule has 4 nitrogen and oxygen atoms in total. The van der Waals surface area contributed by atoms with Gasteiger partial charge in [0.05, 0.1) is 5.69 Å². The van der Waals surface area contributed by atoms with Crippen molar-refractivity contribution in [1.82, 2.24) is 9.88 Å². The van der Waals surface area contributed by atoms with Crippen molar-refractivity contribution in [2.75, 3.05) is 6.54 Å². The van der Waals surface area contributed by atoms with Gasteiger partial charge in [-0.2, -0.15) is 0 Å². The van der Waals surface area contributed by atoms with Gasteiger partial charge in [0.2, 0.25) is 5.91 Å². The summed E-state index contributed by atoms with van der Waals surface area (Å²) in [5.74, 6) is -0.0763. The van der Waals surface area contributed by atoms with E-state index in [4.69, 9.17) is 0 Å². The summed E-state index contributed by atoms with van der Waals surface area (Å²) < 4.78 is 2.22. The molecule has 0 aliphatic heterocycles. The van der Waals surface area contributed by atoms with Gasteiger partial charge in [-0.1, -0.05) is 69.3 Å². The van der Waals surface area contributed by atoms with Crippen molar-refractivity contribution in [2.45, 2.75) is 46.6 Å². The first-order valence-corrected chi connectivity index (χ1v) is 10.7. The summed E-state index contributed by atoms with van der Waals surface area (Å²) in [5.41, 5.74) is 5.80. The Morgan fingerprint density at radius 1 is 1.03 bits per heavy atom. The average Bonchev–Trinajstić information content (AvgIpc) is 3.09. The molecule has 152 valence electrons. The van der Waals surface area contributed by atoms with Crippen LogP contribution >= 0.6 is 11.3 Å². The first-order chi connectivity index (χ1) is 13.8. The molecule has 1 aromatic heterocycles. The van der Waals surface area contributed by atoms with Crippen LogP contribution in [0.1, 0.15) is 43.2 Å². The lowest BCUT2D eigenvalue weighted by atomic mass is 9.92. The van der Waals surface area contributed by atoms with Crippen LogP contribution in [0.4, 0.5) is 0 Å². The molecule has 3 aromatic rings. The number of benzene rings is 2. The highest BCUT2D eigenvalue weighted by Crippen LogP contribution is 2.28. The highest BCUT2D eigenvalue weighted by atomic mass is 32.1. The topological polar surface area (TPSA) is 46.4 Å². The predicted octanol–water partition coefficient (Wildman–Crippen LogP) is 4.67. The third-order valence-electron chi connectivity index (χ3n) is 4.83. The monoisotopic (exact) mass is 407 g/mol. The summed E-state index contributed by atoms with van der Waals surface area (Å²) in [6, 6.07) is 16.2. The van der Waals surface area contributed by atoms with Crippen molar-refractivity contribution in [3.8, 4) is 5.69 Å². The van der Waals surface area contributed by atoms with E-state index in [9.17, 15) is 4.79 Å². The Kier molecular flexibility index (Phi) is 6.38. The minimum absolute atomic E-state index is 0.0332. The Morgan fingerprint density at radius 3 is 2.31 bits per heavy atom. The molecule has 0 fully saturated rings. The molecule has 0 saturated carbocycles. The van der Waals surface area contributed by atoms with Gasteiger partial charge in [0.15, 0.2) is 4.80 Å². The molecule has 0 aliphatic carbocycles. The van der Waals surface area contributed by atoms with Crippen LogP contribution < -0.4 is 10.1 Å². The molecule has 1 amide bonds. The van der Waals surface area contributed by atoms with E-state index in [2.05, 4.69) is 73.1 Å². The van der Waals surface area contributed by atoms with Gasteiger partial charge in [-0.15, -0.1) is 11.3 Å². The van der Waals surface area contributed by atoms with E-state index in [0.29, 0.717) is 6.54 Å². The molecule has 0 bridgehead atoms. The van der Waals surface area contributed by atoms with Crippen LogP contribution in [0.3, 0.4) is 0 Å². The van der Waals surface area contributed by atoms with Crippen molar-refractivity contribution in [3.63, 3.8) is 0 Å². The number of rotatable bonds is 5. The molecule has 0 atom stereocenters. The molecule has 0 saturated heterocycles. The van der Waals surface area contributed by atoms with Crippen LogP contribution in [0.15, 0.2) is 58.9 Å².